The monoisotopic (exact) mass is 479 g/mol. The lowest BCUT2D eigenvalue weighted by Gasteiger charge is -2.60. The number of benzene rings is 1. The first-order chi connectivity index (χ1) is 16.6. The molecule has 7 nitrogen and oxygen atoms in total. The number of fused-ring (bicyclic) bond motifs is 1. The number of halogens is 3. The summed E-state index contributed by atoms with van der Waals surface area (Å²) in [5.74, 6) is 2.02. The Labute approximate surface area is 200 Å². The summed E-state index contributed by atoms with van der Waals surface area (Å²) in [7, 11) is 0. The molecule has 3 aromatic rings. The van der Waals surface area contributed by atoms with E-state index in [-0.39, 0.29) is 16.2 Å². The molecule has 0 bridgehead atoms. The second kappa shape index (κ2) is 6.52. The summed E-state index contributed by atoms with van der Waals surface area (Å²) in [5, 5.41) is 15.5. The molecule has 0 amide bonds. The van der Waals surface area contributed by atoms with Gasteiger partial charge in [-0.2, -0.15) is 23.5 Å². The average Bonchev–Trinajstić information content (AvgIpc) is 3.62. The van der Waals surface area contributed by atoms with Gasteiger partial charge in [0.15, 0.2) is 5.82 Å². The van der Waals surface area contributed by atoms with Crippen molar-refractivity contribution in [1.82, 2.24) is 24.6 Å². The van der Waals surface area contributed by atoms with Crippen molar-refractivity contribution in [2.75, 3.05) is 37.6 Å². The Hall–Kier alpha value is -3.19. The first-order valence-electron chi connectivity index (χ1n) is 11.9. The number of alkyl halides is 3. The Kier molecular flexibility index (Phi) is 3.93. The summed E-state index contributed by atoms with van der Waals surface area (Å²) in [6, 6.07) is 10.7. The van der Waals surface area contributed by atoms with Gasteiger partial charge in [0.1, 0.15) is 11.6 Å². The maximum absolute atomic E-state index is 12.6. The van der Waals surface area contributed by atoms with E-state index < -0.39 is 12.7 Å². The summed E-state index contributed by atoms with van der Waals surface area (Å²) in [5.41, 5.74) is 1.69. The standard InChI is InChI=1S/C25H24F3N7/c1-16-31-20(34-13-22(14-34)11-33(12-22)15-25(26,27)28)7-21(32-16)35-19-6-18(3-2-17(19)8-30-35)24(10-29)9-23(24)4-5-23/h2-3,6-8H,4-5,9,11-15H2,1H3/t24-/m0/s1. The van der Waals surface area contributed by atoms with Gasteiger partial charge in [-0.25, -0.2) is 14.6 Å². The molecule has 4 heterocycles. The van der Waals surface area contributed by atoms with Crippen molar-refractivity contribution in [3.05, 3.63) is 41.9 Å². The number of hydrogen-bond donors (Lipinski definition) is 0. The normalized spacial score (nSPS) is 26.0. The zero-order valence-corrected chi connectivity index (χ0v) is 19.3. The van der Waals surface area contributed by atoms with Crippen LogP contribution >= 0.6 is 0 Å². The third-order valence-electron chi connectivity index (χ3n) is 8.42. The van der Waals surface area contributed by atoms with E-state index in [1.165, 1.54) is 4.90 Å². The predicted molar refractivity (Wildman–Crippen MR) is 122 cm³/mol. The molecule has 0 unspecified atom stereocenters. The van der Waals surface area contributed by atoms with Crippen LogP contribution in [-0.4, -0.2) is 63.5 Å². The van der Waals surface area contributed by atoms with Crippen molar-refractivity contribution in [2.45, 2.75) is 37.8 Å². The minimum Gasteiger partial charge on any atom is -0.355 e. The number of likely N-dealkylation sites (tertiary alicyclic amines) is 1. The molecule has 0 radical (unpaired) electrons. The third kappa shape index (κ3) is 3.10. The van der Waals surface area contributed by atoms with Gasteiger partial charge in [-0.05, 0) is 43.2 Å². The minimum atomic E-state index is -4.15. The molecule has 4 fully saturated rings. The first kappa shape index (κ1) is 21.1. The van der Waals surface area contributed by atoms with Gasteiger partial charge >= 0.3 is 6.18 Å². The molecule has 2 spiro atoms. The van der Waals surface area contributed by atoms with E-state index in [1.54, 1.807) is 10.9 Å². The van der Waals surface area contributed by atoms with Gasteiger partial charge in [0.2, 0.25) is 0 Å². The molecule has 2 saturated carbocycles. The van der Waals surface area contributed by atoms with Gasteiger partial charge in [0, 0.05) is 43.0 Å². The quantitative estimate of drug-likeness (QED) is 0.568. The molecular formula is C25H24F3N7. The van der Waals surface area contributed by atoms with Crippen LogP contribution in [0.2, 0.25) is 0 Å². The van der Waals surface area contributed by atoms with E-state index >= 15 is 0 Å². The van der Waals surface area contributed by atoms with E-state index in [1.807, 2.05) is 19.1 Å². The Bertz CT molecular complexity index is 1400. The van der Waals surface area contributed by atoms with Gasteiger partial charge in [-0.15, -0.1) is 0 Å². The minimum absolute atomic E-state index is 0.0772. The van der Waals surface area contributed by atoms with Crippen molar-refractivity contribution in [1.29, 1.82) is 5.26 Å². The fraction of sp³-hybridized carbons (Fsp3) is 0.520. The van der Waals surface area contributed by atoms with Gasteiger partial charge in [0.05, 0.1) is 29.7 Å². The topological polar surface area (TPSA) is 73.9 Å². The van der Waals surface area contributed by atoms with Gasteiger partial charge in [0.25, 0.3) is 0 Å². The van der Waals surface area contributed by atoms with E-state index in [2.05, 4.69) is 38.2 Å². The van der Waals surface area contributed by atoms with Crippen LogP contribution in [0.25, 0.3) is 16.7 Å². The van der Waals surface area contributed by atoms with Crippen molar-refractivity contribution in [3.63, 3.8) is 0 Å². The molecule has 2 aliphatic heterocycles. The molecule has 10 heteroatoms. The smallest absolute Gasteiger partial charge is 0.355 e. The largest absolute Gasteiger partial charge is 0.401 e. The molecule has 7 rings (SSSR count). The first-order valence-corrected chi connectivity index (χ1v) is 11.9. The highest BCUT2D eigenvalue weighted by molar-refractivity contribution is 5.82. The lowest BCUT2D eigenvalue weighted by molar-refractivity contribution is -0.172. The maximum atomic E-state index is 12.6. The van der Waals surface area contributed by atoms with E-state index in [9.17, 15) is 18.4 Å². The van der Waals surface area contributed by atoms with Crippen molar-refractivity contribution < 1.29 is 13.2 Å². The lowest BCUT2D eigenvalue weighted by Crippen LogP contribution is -2.73. The molecule has 2 aliphatic carbocycles. The Morgan fingerprint density at radius 1 is 1.06 bits per heavy atom. The fourth-order valence-corrected chi connectivity index (χ4v) is 6.52. The second-order valence-corrected chi connectivity index (χ2v) is 11.1. The molecule has 1 atom stereocenters. The van der Waals surface area contributed by atoms with E-state index in [0.717, 1.165) is 41.5 Å². The summed E-state index contributed by atoms with van der Waals surface area (Å²) < 4.78 is 39.7. The average molecular weight is 480 g/mol. The molecule has 1 aromatic carbocycles. The zero-order valence-electron chi connectivity index (χ0n) is 19.3. The molecule has 4 aliphatic rings. The Morgan fingerprint density at radius 2 is 1.80 bits per heavy atom. The molecular weight excluding hydrogens is 455 g/mol. The summed E-state index contributed by atoms with van der Waals surface area (Å²) in [6.45, 7) is 3.30. The number of anilines is 1. The van der Waals surface area contributed by atoms with Crippen LogP contribution in [0.4, 0.5) is 19.0 Å². The number of aryl methyl sites for hydroxylation is 1. The third-order valence-corrected chi connectivity index (χ3v) is 8.42. The number of rotatable bonds is 4. The van der Waals surface area contributed by atoms with Crippen molar-refractivity contribution >= 4 is 16.7 Å². The summed E-state index contributed by atoms with van der Waals surface area (Å²) in [6.07, 6.45) is 0.832. The Morgan fingerprint density at radius 3 is 2.46 bits per heavy atom. The van der Waals surface area contributed by atoms with Crippen LogP contribution in [0, 0.1) is 29.1 Å². The van der Waals surface area contributed by atoms with Crippen molar-refractivity contribution in [2.24, 2.45) is 10.8 Å². The highest BCUT2D eigenvalue weighted by Gasteiger charge is 2.75. The molecule has 35 heavy (non-hydrogen) atoms. The van der Waals surface area contributed by atoms with Gasteiger partial charge in [-0.1, -0.05) is 12.1 Å². The Balaban J connectivity index is 1.15. The molecule has 2 aromatic heterocycles. The highest BCUT2D eigenvalue weighted by atomic mass is 19.4. The van der Waals surface area contributed by atoms with Crippen molar-refractivity contribution in [3.8, 4) is 11.9 Å². The van der Waals surface area contributed by atoms with Gasteiger partial charge in [-0.3, -0.25) is 4.90 Å². The number of hydrogen-bond acceptors (Lipinski definition) is 6. The molecule has 0 N–H and O–H groups in total. The van der Waals surface area contributed by atoms with Crippen LogP contribution in [0.5, 0.6) is 0 Å². The summed E-state index contributed by atoms with van der Waals surface area (Å²) in [4.78, 5) is 12.8. The lowest BCUT2D eigenvalue weighted by atomic mass is 9.73. The number of nitrogens with zero attached hydrogens (tertiary/aromatic N) is 7. The summed E-state index contributed by atoms with van der Waals surface area (Å²) >= 11 is 0. The predicted octanol–water partition coefficient (Wildman–Crippen LogP) is 3.75. The number of nitriles is 1. The molecule has 180 valence electrons. The van der Waals surface area contributed by atoms with E-state index in [0.29, 0.717) is 37.8 Å². The van der Waals surface area contributed by atoms with Crippen LogP contribution in [0.15, 0.2) is 30.5 Å². The fourth-order valence-electron chi connectivity index (χ4n) is 6.52. The second-order valence-electron chi connectivity index (χ2n) is 11.1. The van der Waals surface area contributed by atoms with Crippen LogP contribution < -0.4 is 4.90 Å². The van der Waals surface area contributed by atoms with Crippen LogP contribution in [-0.2, 0) is 5.41 Å². The zero-order chi connectivity index (χ0) is 24.2. The SMILES string of the molecule is Cc1nc(N2CC3(CN(CC(F)(F)F)C3)C2)cc(-n2ncc3ccc([C@@]4(C#N)CC45CC5)cc32)n1. The highest BCUT2D eigenvalue weighted by Crippen LogP contribution is 2.78. The van der Waals surface area contributed by atoms with Gasteiger partial charge < -0.3 is 4.90 Å². The van der Waals surface area contributed by atoms with E-state index in [4.69, 9.17) is 0 Å². The van der Waals surface area contributed by atoms with Crippen LogP contribution in [0.3, 0.4) is 0 Å². The number of aromatic nitrogens is 4. The maximum Gasteiger partial charge on any atom is 0.401 e. The van der Waals surface area contributed by atoms with Crippen LogP contribution in [0.1, 0.15) is 30.7 Å². The molecule has 2 saturated heterocycles.